The molecule has 0 rings (SSSR count). The molecule has 2 nitrogen and oxygen atoms in total. The van der Waals surface area contributed by atoms with Gasteiger partial charge in [-0.2, -0.15) is 0 Å². The topological polar surface area (TPSA) is 35.2 Å². The first kappa shape index (κ1) is 11.9. The quantitative estimate of drug-likeness (QED) is 0.599. The first-order valence-corrected chi connectivity index (χ1v) is 4.91. The van der Waals surface area contributed by atoms with Crippen molar-refractivity contribution in [2.24, 2.45) is 11.7 Å². The molecule has 0 amide bonds. The third-order valence-electron chi connectivity index (χ3n) is 2.07. The first-order chi connectivity index (χ1) is 5.66. The van der Waals surface area contributed by atoms with E-state index in [9.17, 15) is 0 Å². The zero-order valence-electron chi connectivity index (χ0n) is 8.68. The standard InChI is InChI=1S/C10H23NO/c1-9(8-10(2)11)6-4-5-7-12-3/h9-10H,4-8,11H2,1-3H3. The lowest BCUT2D eigenvalue weighted by Gasteiger charge is -2.13. The molecule has 0 aromatic carbocycles. The van der Waals surface area contributed by atoms with Crippen LogP contribution in [-0.2, 0) is 4.74 Å². The Morgan fingerprint density at radius 1 is 1.25 bits per heavy atom. The first-order valence-electron chi connectivity index (χ1n) is 4.91. The number of hydrogen-bond acceptors (Lipinski definition) is 2. The van der Waals surface area contributed by atoms with Crippen molar-refractivity contribution in [1.29, 1.82) is 0 Å². The summed E-state index contributed by atoms with van der Waals surface area (Å²) < 4.78 is 4.98. The molecule has 74 valence electrons. The lowest BCUT2D eigenvalue weighted by Crippen LogP contribution is -2.18. The summed E-state index contributed by atoms with van der Waals surface area (Å²) in [6, 6.07) is 0.349. The van der Waals surface area contributed by atoms with Gasteiger partial charge in [-0.05, 0) is 25.7 Å². The van der Waals surface area contributed by atoms with E-state index in [1.807, 2.05) is 0 Å². The lowest BCUT2D eigenvalue weighted by atomic mass is 9.97. The Kier molecular flexibility index (Phi) is 7.51. The Morgan fingerprint density at radius 3 is 2.42 bits per heavy atom. The Hall–Kier alpha value is -0.0800. The van der Waals surface area contributed by atoms with E-state index in [4.69, 9.17) is 10.5 Å². The number of nitrogens with two attached hydrogens (primary N) is 1. The van der Waals surface area contributed by atoms with Crippen LogP contribution in [0.2, 0.25) is 0 Å². The summed E-state index contributed by atoms with van der Waals surface area (Å²) in [5.74, 6) is 0.766. The molecule has 2 heteroatoms. The van der Waals surface area contributed by atoms with E-state index in [1.54, 1.807) is 7.11 Å². The summed E-state index contributed by atoms with van der Waals surface area (Å²) in [6.07, 6.45) is 4.87. The van der Waals surface area contributed by atoms with Gasteiger partial charge in [-0.15, -0.1) is 0 Å². The molecule has 0 saturated carbocycles. The lowest BCUT2D eigenvalue weighted by molar-refractivity contribution is 0.190. The van der Waals surface area contributed by atoms with Gasteiger partial charge in [0.05, 0.1) is 0 Å². The molecule has 0 spiro atoms. The van der Waals surface area contributed by atoms with E-state index >= 15 is 0 Å². The van der Waals surface area contributed by atoms with E-state index in [-0.39, 0.29) is 0 Å². The third-order valence-corrected chi connectivity index (χ3v) is 2.07. The molecule has 0 aromatic rings. The molecule has 0 aromatic heterocycles. The molecule has 2 N–H and O–H groups in total. The second-order valence-corrected chi connectivity index (χ2v) is 3.81. The minimum Gasteiger partial charge on any atom is -0.385 e. The highest BCUT2D eigenvalue weighted by Crippen LogP contribution is 2.12. The van der Waals surface area contributed by atoms with Crippen LogP contribution >= 0.6 is 0 Å². The van der Waals surface area contributed by atoms with Crippen LogP contribution in [0, 0.1) is 5.92 Å². The highest BCUT2D eigenvalue weighted by Gasteiger charge is 2.04. The minimum absolute atomic E-state index is 0.349. The number of unbranched alkanes of at least 4 members (excludes halogenated alkanes) is 1. The van der Waals surface area contributed by atoms with Crippen molar-refractivity contribution in [3.63, 3.8) is 0 Å². The van der Waals surface area contributed by atoms with Crippen molar-refractivity contribution >= 4 is 0 Å². The molecule has 0 radical (unpaired) electrons. The van der Waals surface area contributed by atoms with Crippen molar-refractivity contribution in [2.75, 3.05) is 13.7 Å². The SMILES string of the molecule is COCCCCC(C)CC(C)N. The molecule has 0 heterocycles. The average molecular weight is 173 g/mol. The third kappa shape index (κ3) is 8.02. The highest BCUT2D eigenvalue weighted by atomic mass is 16.5. The van der Waals surface area contributed by atoms with E-state index in [0.717, 1.165) is 18.9 Å². The summed E-state index contributed by atoms with van der Waals surface area (Å²) in [6.45, 7) is 5.24. The largest absolute Gasteiger partial charge is 0.385 e. The maximum atomic E-state index is 5.70. The Labute approximate surface area is 76.5 Å². The van der Waals surface area contributed by atoms with Crippen LogP contribution in [0.3, 0.4) is 0 Å². The predicted octanol–water partition coefficient (Wildman–Crippen LogP) is 2.18. The summed E-state index contributed by atoms with van der Waals surface area (Å²) in [5, 5.41) is 0. The van der Waals surface area contributed by atoms with Gasteiger partial charge >= 0.3 is 0 Å². The van der Waals surface area contributed by atoms with E-state index < -0.39 is 0 Å². The predicted molar refractivity (Wildman–Crippen MR) is 53.2 cm³/mol. The van der Waals surface area contributed by atoms with Crippen LogP contribution in [0.1, 0.15) is 39.5 Å². The molecule has 0 saturated heterocycles. The minimum atomic E-state index is 0.349. The molecular weight excluding hydrogens is 150 g/mol. The zero-order chi connectivity index (χ0) is 9.40. The van der Waals surface area contributed by atoms with E-state index in [2.05, 4.69) is 13.8 Å². The molecular formula is C10H23NO. The molecule has 12 heavy (non-hydrogen) atoms. The van der Waals surface area contributed by atoms with Gasteiger partial charge in [-0.25, -0.2) is 0 Å². The summed E-state index contributed by atoms with van der Waals surface area (Å²) in [7, 11) is 1.76. The Balaban J connectivity index is 3.14. The number of ether oxygens (including phenoxy) is 1. The van der Waals surface area contributed by atoms with Crippen LogP contribution in [0.15, 0.2) is 0 Å². The normalized spacial score (nSPS) is 16.0. The molecule has 2 unspecified atom stereocenters. The van der Waals surface area contributed by atoms with Crippen LogP contribution in [0.5, 0.6) is 0 Å². The van der Waals surface area contributed by atoms with Gasteiger partial charge < -0.3 is 10.5 Å². The van der Waals surface area contributed by atoms with E-state index in [0.29, 0.717) is 6.04 Å². The van der Waals surface area contributed by atoms with Crippen molar-refractivity contribution in [3.8, 4) is 0 Å². The fourth-order valence-electron chi connectivity index (χ4n) is 1.49. The Morgan fingerprint density at radius 2 is 1.92 bits per heavy atom. The smallest absolute Gasteiger partial charge is 0.0462 e. The van der Waals surface area contributed by atoms with Crippen LogP contribution in [-0.4, -0.2) is 19.8 Å². The van der Waals surface area contributed by atoms with Gasteiger partial charge in [0, 0.05) is 19.8 Å². The summed E-state index contributed by atoms with van der Waals surface area (Å²) >= 11 is 0. The number of methoxy groups -OCH3 is 1. The number of hydrogen-bond donors (Lipinski definition) is 1. The van der Waals surface area contributed by atoms with Gasteiger partial charge in [0.15, 0.2) is 0 Å². The molecule has 0 bridgehead atoms. The second kappa shape index (κ2) is 7.56. The van der Waals surface area contributed by atoms with Crippen molar-refractivity contribution in [1.82, 2.24) is 0 Å². The van der Waals surface area contributed by atoms with Gasteiger partial charge in [0.25, 0.3) is 0 Å². The summed E-state index contributed by atoms with van der Waals surface area (Å²) in [5.41, 5.74) is 5.70. The Bertz CT molecular complexity index is 93.8. The highest BCUT2D eigenvalue weighted by molar-refractivity contribution is 4.60. The van der Waals surface area contributed by atoms with Crippen LogP contribution in [0.4, 0.5) is 0 Å². The van der Waals surface area contributed by atoms with Crippen molar-refractivity contribution < 1.29 is 4.74 Å². The molecule has 0 fully saturated rings. The van der Waals surface area contributed by atoms with Crippen molar-refractivity contribution in [3.05, 3.63) is 0 Å². The fraction of sp³-hybridized carbons (Fsp3) is 1.00. The fourth-order valence-corrected chi connectivity index (χ4v) is 1.49. The molecule has 0 aliphatic heterocycles. The molecule has 0 aliphatic carbocycles. The van der Waals surface area contributed by atoms with Gasteiger partial charge in [-0.3, -0.25) is 0 Å². The van der Waals surface area contributed by atoms with Crippen molar-refractivity contribution in [2.45, 2.75) is 45.6 Å². The van der Waals surface area contributed by atoms with Gasteiger partial charge in [-0.1, -0.05) is 19.8 Å². The number of rotatable bonds is 7. The second-order valence-electron chi connectivity index (χ2n) is 3.81. The van der Waals surface area contributed by atoms with Gasteiger partial charge in [0.1, 0.15) is 0 Å². The van der Waals surface area contributed by atoms with Crippen LogP contribution in [0.25, 0.3) is 0 Å². The van der Waals surface area contributed by atoms with E-state index in [1.165, 1.54) is 19.3 Å². The monoisotopic (exact) mass is 173 g/mol. The van der Waals surface area contributed by atoms with Gasteiger partial charge in [0.2, 0.25) is 0 Å². The van der Waals surface area contributed by atoms with Crippen LogP contribution < -0.4 is 5.73 Å². The molecule has 0 aliphatic rings. The maximum Gasteiger partial charge on any atom is 0.0462 e. The maximum absolute atomic E-state index is 5.70. The summed E-state index contributed by atoms with van der Waals surface area (Å²) in [4.78, 5) is 0. The average Bonchev–Trinajstić information content (AvgIpc) is 1.97. The molecule has 2 atom stereocenters. The zero-order valence-corrected chi connectivity index (χ0v) is 8.68.